The molecule has 1 aliphatic rings. The fourth-order valence-corrected chi connectivity index (χ4v) is 3.18. The van der Waals surface area contributed by atoms with Gasteiger partial charge in [0.15, 0.2) is 0 Å². The maximum absolute atomic E-state index is 11.7. The van der Waals surface area contributed by atoms with Crippen LogP contribution < -0.4 is 10.5 Å². The van der Waals surface area contributed by atoms with Gasteiger partial charge in [0.25, 0.3) is 0 Å². The monoisotopic (exact) mass is 234 g/mol. The lowest BCUT2D eigenvalue weighted by atomic mass is 9.88. The van der Waals surface area contributed by atoms with E-state index in [2.05, 4.69) is 11.6 Å². The van der Waals surface area contributed by atoms with Gasteiger partial charge in [0.1, 0.15) is 0 Å². The van der Waals surface area contributed by atoms with Crippen LogP contribution in [0.5, 0.6) is 0 Å². The highest BCUT2D eigenvalue weighted by Gasteiger charge is 2.26. The normalized spacial score (nSPS) is 30.1. The molecule has 0 radical (unpaired) electrons. The van der Waals surface area contributed by atoms with Crippen LogP contribution in [0.4, 0.5) is 0 Å². The minimum absolute atomic E-state index is 0.118. The molecule has 1 aliphatic carbocycles. The topological polar surface area (TPSA) is 72.2 Å². The van der Waals surface area contributed by atoms with Gasteiger partial charge in [0.2, 0.25) is 10.0 Å². The summed E-state index contributed by atoms with van der Waals surface area (Å²) in [5.41, 5.74) is 5.37. The summed E-state index contributed by atoms with van der Waals surface area (Å²) < 4.78 is 26.3. The summed E-state index contributed by atoms with van der Waals surface area (Å²) >= 11 is 0. The average molecular weight is 234 g/mol. The second kappa shape index (κ2) is 5.27. The van der Waals surface area contributed by atoms with Crippen LogP contribution in [0.1, 0.15) is 39.5 Å². The molecule has 0 aromatic carbocycles. The smallest absolute Gasteiger partial charge is 0.215 e. The van der Waals surface area contributed by atoms with Gasteiger partial charge in [-0.1, -0.05) is 19.8 Å². The van der Waals surface area contributed by atoms with E-state index in [1.54, 1.807) is 6.92 Å². The van der Waals surface area contributed by atoms with Gasteiger partial charge in [0.05, 0.1) is 5.25 Å². The summed E-state index contributed by atoms with van der Waals surface area (Å²) in [6, 6.07) is 0.118. The van der Waals surface area contributed by atoms with Crippen molar-refractivity contribution in [3.8, 4) is 0 Å². The van der Waals surface area contributed by atoms with Gasteiger partial charge >= 0.3 is 0 Å². The molecule has 0 aromatic heterocycles. The van der Waals surface area contributed by atoms with Gasteiger partial charge in [-0.2, -0.15) is 0 Å². The molecule has 5 heteroatoms. The van der Waals surface area contributed by atoms with E-state index in [9.17, 15) is 8.42 Å². The van der Waals surface area contributed by atoms with Crippen LogP contribution >= 0.6 is 0 Å². The van der Waals surface area contributed by atoms with E-state index in [0.29, 0.717) is 5.92 Å². The Morgan fingerprint density at radius 1 is 1.47 bits per heavy atom. The molecule has 4 nitrogen and oxygen atoms in total. The van der Waals surface area contributed by atoms with Crippen molar-refractivity contribution < 1.29 is 8.42 Å². The third-order valence-electron chi connectivity index (χ3n) is 3.13. The Hall–Kier alpha value is -0.130. The number of nitrogens with one attached hydrogen (secondary N) is 1. The molecule has 3 atom stereocenters. The number of rotatable bonds is 4. The second-order valence-corrected chi connectivity index (χ2v) is 6.81. The first-order valence-corrected chi connectivity index (χ1v) is 7.21. The lowest BCUT2D eigenvalue weighted by Crippen LogP contribution is -2.44. The third-order valence-corrected chi connectivity index (χ3v) is 5.04. The van der Waals surface area contributed by atoms with Gasteiger partial charge in [0, 0.05) is 12.6 Å². The molecule has 3 unspecified atom stereocenters. The lowest BCUT2D eigenvalue weighted by molar-refractivity contribution is 0.327. The van der Waals surface area contributed by atoms with Gasteiger partial charge in [-0.3, -0.25) is 0 Å². The molecule has 0 amide bonds. The zero-order chi connectivity index (χ0) is 11.5. The summed E-state index contributed by atoms with van der Waals surface area (Å²) in [5, 5.41) is -0.491. The lowest BCUT2D eigenvalue weighted by Gasteiger charge is -2.28. The predicted octanol–water partition coefficient (Wildman–Crippen LogP) is 0.832. The van der Waals surface area contributed by atoms with Crippen LogP contribution in [0.3, 0.4) is 0 Å². The quantitative estimate of drug-likeness (QED) is 0.757. The molecule has 15 heavy (non-hydrogen) atoms. The highest BCUT2D eigenvalue weighted by atomic mass is 32.2. The Morgan fingerprint density at radius 2 is 2.13 bits per heavy atom. The number of sulfonamides is 1. The van der Waals surface area contributed by atoms with E-state index in [-0.39, 0.29) is 12.6 Å². The fraction of sp³-hybridized carbons (Fsp3) is 1.00. The molecule has 1 fully saturated rings. The van der Waals surface area contributed by atoms with E-state index in [0.717, 1.165) is 19.3 Å². The van der Waals surface area contributed by atoms with Crippen molar-refractivity contribution in [1.29, 1.82) is 0 Å². The largest absolute Gasteiger partial charge is 0.329 e. The third kappa shape index (κ3) is 3.74. The van der Waals surface area contributed by atoms with Crippen LogP contribution in [0, 0.1) is 5.92 Å². The highest BCUT2D eigenvalue weighted by Crippen LogP contribution is 2.24. The molecule has 0 saturated heterocycles. The Labute approximate surface area is 92.7 Å². The Kier molecular flexibility index (Phi) is 4.55. The first kappa shape index (κ1) is 12.9. The van der Waals surface area contributed by atoms with Gasteiger partial charge in [-0.05, 0) is 25.7 Å². The summed E-state index contributed by atoms with van der Waals surface area (Å²) in [6.45, 7) is 4.00. The van der Waals surface area contributed by atoms with E-state index >= 15 is 0 Å². The zero-order valence-electron chi connectivity index (χ0n) is 9.57. The van der Waals surface area contributed by atoms with Crippen molar-refractivity contribution in [1.82, 2.24) is 4.72 Å². The number of hydrogen-bond donors (Lipinski definition) is 2. The van der Waals surface area contributed by atoms with Crippen LogP contribution in [0.25, 0.3) is 0 Å². The Morgan fingerprint density at radius 3 is 2.67 bits per heavy atom. The average Bonchev–Trinajstić information content (AvgIpc) is 2.15. The number of nitrogens with two attached hydrogens (primary N) is 1. The van der Waals surface area contributed by atoms with Crippen molar-refractivity contribution in [3.63, 3.8) is 0 Å². The minimum Gasteiger partial charge on any atom is -0.329 e. The van der Waals surface area contributed by atoms with Gasteiger partial charge < -0.3 is 5.73 Å². The Balaban J connectivity index is 2.53. The summed E-state index contributed by atoms with van der Waals surface area (Å²) in [7, 11) is -3.21. The van der Waals surface area contributed by atoms with Crippen molar-refractivity contribution in [3.05, 3.63) is 0 Å². The van der Waals surface area contributed by atoms with E-state index in [1.807, 2.05) is 0 Å². The van der Waals surface area contributed by atoms with Crippen LogP contribution in [-0.2, 0) is 10.0 Å². The Bertz CT molecular complexity index is 290. The van der Waals surface area contributed by atoms with E-state index in [4.69, 9.17) is 5.73 Å². The molecule has 0 bridgehead atoms. The van der Waals surface area contributed by atoms with Crippen molar-refractivity contribution in [2.45, 2.75) is 50.8 Å². The van der Waals surface area contributed by atoms with Gasteiger partial charge in [-0.25, -0.2) is 13.1 Å². The van der Waals surface area contributed by atoms with Crippen LogP contribution in [-0.4, -0.2) is 26.3 Å². The molecule has 0 aliphatic heterocycles. The van der Waals surface area contributed by atoms with Crippen molar-refractivity contribution in [2.75, 3.05) is 6.54 Å². The summed E-state index contributed by atoms with van der Waals surface area (Å²) in [4.78, 5) is 0. The van der Waals surface area contributed by atoms with Crippen LogP contribution in [0.15, 0.2) is 0 Å². The molecule has 0 spiro atoms. The minimum atomic E-state index is -3.21. The molecular formula is C10H22N2O2S. The maximum Gasteiger partial charge on any atom is 0.215 e. The van der Waals surface area contributed by atoms with E-state index in [1.165, 1.54) is 6.42 Å². The molecule has 0 heterocycles. The molecule has 1 rings (SSSR count). The SMILES string of the molecule is CC1CCCC(NS(=O)(=O)C(C)CN)C1. The van der Waals surface area contributed by atoms with Crippen molar-refractivity contribution >= 4 is 10.0 Å². The molecular weight excluding hydrogens is 212 g/mol. The maximum atomic E-state index is 11.7. The first-order chi connectivity index (χ1) is 6.95. The predicted molar refractivity (Wildman–Crippen MR) is 62.0 cm³/mol. The molecule has 0 aromatic rings. The molecule has 1 saturated carbocycles. The van der Waals surface area contributed by atoms with Crippen LogP contribution in [0.2, 0.25) is 0 Å². The molecule has 3 N–H and O–H groups in total. The standard InChI is InChI=1S/C10H22N2O2S/c1-8-4-3-5-10(6-8)12-15(13,14)9(2)7-11/h8-10,12H,3-7,11H2,1-2H3. The van der Waals surface area contributed by atoms with Crippen molar-refractivity contribution in [2.24, 2.45) is 11.7 Å². The number of hydrogen-bond acceptors (Lipinski definition) is 3. The second-order valence-electron chi connectivity index (χ2n) is 4.68. The van der Waals surface area contributed by atoms with Gasteiger partial charge in [-0.15, -0.1) is 0 Å². The molecule has 90 valence electrons. The van der Waals surface area contributed by atoms with E-state index < -0.39 is 15.3 Å². The first-order valence-electron chi connectivity index (χ1n) is 5.67. The zero-order valence-corrected chi connectivity index (χ0v) is 10.4. The summed E-state index contributed by atoms with van der Waals surface area (Å²) in [5.74, 6) is 0.625. The highest BCUT2D eigenvalue weighted by molar-refractivity contribution is 7.90. The fourth-order valence-electron chi connectivity index (χ4n) is 2.02. The summed E-state index contributed by atoms with van der Waals surface area (Å²) in [6.07, 6.45) is 4.24.